The molecule has 0 aromatic carbocycles. The third-order valence-corrected chi connectivity index (χ3v) is 5.08. The van der Waals surface area contributed by atoms with Gasteiger partial charge >= 0.3 is 0 Å². The van der Waals surface area contributed by atoms with E-state index in [9.17, 15) is 0 Å². The van der Waals surface area contributed by atoms with Crippen LogP contribution in [0.5, 0.6) is 0 Å². The molecule has 2 heterocycles. The number of thiazole rings is 1. The molecule has 2 aromatic rings. The van der Waals surface area contributed by atoms with Crippen molar-refractivity contribution >= 4 is 11.3 Å². The van der Waals surface area contributed by atoms with Gasteiger partial charge in [-0.2, -0.15) is 0 Å². The fraction of sp³-hybridized carbons (Fsp3) is 0.600. The van der Waals surface area contributed by atoms with Gasteiger partial charge in [-0.3, -0.25) is 0 Å². The first-order valence-corrected chi connectivity index (χ1v) is 8.28. The summed E-state index contributed by atoms with van der Waals surface area (Å²) in [5.74, 6) is 0.587. The van der Waals surface area contributed by atoms with E-state index in [0.717, 1.165) is 23.8 Å². The third kappa shape index (κ3) is 2.65. The highest BCUT2D eigenvalue weighted by atomic mass is 32.1. The van der Waals surface area contributed by atoms with Crippen LogP contribution < -0.4 is 5.32 Å². The molecule has 0 radical (unpaired) electrons. The average Bonchev–Trinajstić information content (AvgIpc) is 3.05. The number of nitrogens with one attached hydrogen (secondary N) is 1. The summed E-state index contributed by atoms with van der Waals surface area (Å²) in [7, 11) is 2.03. The van der Waals surface area contributed by atoms with Crippen LogP contribution in [0, 0.1) is 0 Å². The lowest BCUT2D eigenvalue weighted by Gasteiger charge is -2.21. The van der Waals surface area contributed by atoms with Crippen LogP contribution in [0.1, 0.15) is 42.7 Å². The number of aromatic nitrogens is 3. The van der Waals surface area contributed by atoms with E-state index in [2.05, 4.69) is 21.8 Å². The van der Waals surface area contributed by atoms with Crippen molar-refractivity contribution in [1.82, 2.24) is 19.9 Å². The number of rotatable bonds is 5. The number of aryl methyl sites for hydroxylation is 2. The number of hydrogen-bond donors (Lipinski definition) is 1. The van der Waals surface area contributed by atoms with Crippen molar-refractivity contribution in [3.63, 3.8) is 0 Å². The molecule has 0 aliphatic heterocycles. The predicted octanol–water partition coefficient (Wildman–Crippen LogP) is 2.96. The molecule has 1 aliphatic carbocycles. The fourth-order valence-electron chi connectivity index (χ4n) is 2.83. The van der Waals surface area contributed by atoms with Gasteiger partial charge in [0.2, 0.25) is 0 Å². The molecule has 1 N–H and O–H groups in total. The zero-order chi connectivity index (χ0) is 13.9. The van der Waals surface area contributed by atoms with Crippen LogP contribution in [-0.2, 0) is 13.5 Å². The maximum absolute atomic E-state index is 4.93. The molecular weight excluding hydrogens is 268 g/mol. The molecule has 5 heteroatoms. The first-order chi connectivity index (χ1) is 9.79. The van der Waals surface area contributed by atoms with Crippen molar-refractivity contribution in [2.24, 2.45) is 7.05 Å². The highest BCUT2D eigenvalue weighted by molar-refractivity contribution is 7.15. The molecule has 1 aliphatic rings. The van der Waals surface area contributed by atoms with E-state index in [-0.39, 0.29) is 0 Å². The van der Waals surface area contributed by atoms with Crippen molar-refractivity contribution < 1.29 is 0 Å². The fourth-order valence-corrected chi connectivity index (χ4v) is 4.07. The maximum atomic E-state index is 4.93. The molecule has 0 bridgehead atoms. The Morgan fingerprint density at radius 3 is 3.15 bits per heavy atom. The standard InChI is InChI=1S/C15H22N4S/c1-3-7-16-8-11-5-4-6-13-14(11)18-15(20-13)12-9-17-10-19(12)2/h9-11,16H,3-8H2,1-2H3. The maximum Gasteiger partial charge on any atom is 0.142 e. The normalized spacial score (nSPS) is 18.2. The van der Waals surface area contributed by atoms with Crippen molar-refractivity contribution in [1.29, 1.82) is 0 Å². The molecule has 1 unspecified atom stereocenters. The van der Waals surface area contributed by atoms with Gasteiger partial charge in [-0.1, -0.05) is 6.92 Å². The minimum absolute atomic E-state index is 0.587. The summed E-state index contributed by atoms with van der Waals surface area (Å²) >= 11 is 1.85. The third-order valence-electron chi connectivity index (χ3n) is 3.92. The molecule has 1 atom stereocenters. The second-order valence-electron chi connectivity index (χ2n) is 5.51. The molecule has 108 valence electrons. The molecule has 20 heavy (non-hydrogen) atoms. The topological polar surface area (TPSA) is 42.7 Å². The van der Waals surface area contributed by atoms with Gasteiger partial charge in [-0.15, -0.1) is 11.3 Å². The van der Waals surface area contributed by atoms with E-state index in [1.807, 2.05) is 30.9 Å². The van der Waals surface area contributed by atoms with E-state index >= 15 is 0 Å². The summed E-state index contributed by atoms with van der Waals surface area (Å²) in [6.07, 6.45) is 8.69. The number of fused-ring (bicyclic) bond motifs is 1. The quantitative estimate of drug-likeness (QED) is 0.861. The number of hydrogen-bond acceptors (Lipinski definition) is 4. The molecule has 2 aromatic heterocycles. The Labute approximate surface area is 124 Å². The largest absolute Gasteiger partial charge is 0.332 e. The van der Waals surface area contributed by atoms with E-state index in [0.29, 0.717) is 5.92 Å². The van der Waals surface area contributed by atoms with Crippen LogP contribution in [-0.4, -0.2) is 27.6 Å². The number of nitrogens with zero attached hydrogens (tertiary/aromatic N) is 3. The van der Waals surface area contributed by atoms with Gasteiger partial charge in [0, 0.05) is 24.4 Å². The molecule has 0 spiro atoms. The van der Waals surface area contributed by atoms with Gasteiger partial charge in [-0.25, -0.2) is 9.97 Å². The lowest BCUT2D eigenvalue weighted by atomic mass is 9.91. The SMILES string of the molecule is CCCNCC1CCCc2sc(-c3cncn3C)nc21. The zero-order valence-corrected chi connectivity index (χ0v) is 13.0. The summed E-state index contributed by atoms with van der Waals surface area (Å²) in [6, 6.07) is 0. The van der Waals surface area contributed by atoms with Crippen LogP contribution in [0.25, 0.3) is 10.7 Å². The van der Waals surface area contributed by atoms with Crippen LogP contribution in [0.15, 0.2) is 12.5 Å². The average molecular weight is 290 g/mol. The highest BCUT2D eigenvalue weighted by Crippen LogP contribution is 2.37. The molecule has 0 fully saturated rings. The van der Waals surface area contributed by atoms with Gasteiger partial charge in [0.05, 0.1) is 23.9 Å². The first kappa shape index (κ1) is 13.8. The monoisotopic (exact) mass is 290 g/mol. The zero-order valence-electron chi connectivity index (χ0n) is 12.2. The van der Waals surface area contributed by atoms with Gasteiger partial charge < -0.3 is 9.88 Å². The summed E-state index contributed by atoms with van der Waals surface area (Å²) < 4.78 is 2.05. The Bertz CT molecular complexity index is 572. The number of imidazole rings is 1. The van der Waals surface area contributed by atoms with Crippen LogP contribution in [0.3, 0.4) is 0 Å². The lowest BCUT2D eigenvalue weighted by Crippen LogP contribution is -2.24. The summed E-state index contributed by atoms with van der Waals surface area (Å²) in [6.45, 7) is 4.38. The Morgan fingerprint density at radius 2 is 2.40 bits per heavy atom. The van der Waals surface area contributed by atoms with E-state index in [4.69, 9.17) is 4.98 Å². The van der Waals surface area contributed by atoms with Crippen molar-refractivity contribution in [2.75, 3.05) is 13.1 Å². The second kappa shape index (κ2) is 6.06. The highest BCUT2D eigenvalue weighted by Gasteiger charge is 2.25. The molecule has 3 rings (SSSR count). The lowest BCUT2D eigenvalue weighted by molar-refractivity contribution is 0.502. The smallest absolute Gasteiger partial charge is 0.142 e. The van der Waals surface area contributed by atoms with Crippen molar-refractivity contribution in [2.45, 2.75) is 38.5 Å². The molecule has 0 amide bonds. The van der Waals surface area contributed by atoms with Gasteiger partial charge in [0.1, 0.15) is 5.01 Å². The predicted molar refractivity (Wildman–Crippen MR) is 83.2 cm³/mol. The van der Waals surface area contributed by atoms with Crippen molar-refractivity contribution in [3.05, 3.63) is 23.1 Å². The first-order valence-electron chi connectivity index (χ1n) is 7.46. The minimum atomic E-state index is 0.587. The summed E-state index contributed by atoms with van der Waals surface area (Å²) in [5.41, 5.74) is 2.46. The van der Waals surface area contributed by atoms with Gasteiger partial charge in [-0.05, 0) is 32.2 Å². The Kier molecular flexibility index (Phi) is 4.17. The Balaban J connectivity index is 1.83. The second-order valence-corrected chi connectivity index (χ2v) is 6.59. The Morgan fingerprint density at radius 1 is 1.50 bits per heavy atom. The molecule has 0 saturated heterocycles. The summed E-state index contributed by atoms with van der Waals surface area (Å²) in [4.78, 5) is 10.6. The van der Waals surface area contributed by atoms with Gasteiger partial charge in [0.25, 0.3) is 0 Å². The van der Waals surface area contributed by atoms with E-state index < -0.39 is 0 Å². The van der Waals surface area contributed by atoms with Crippen LogP contribution in [0.4, 0.5) is 0 Å². The molecule has 4 nitrogen and oxygen atoms in total. The Hall–Kier alpha value is -1.20. The van der Waals surface area contributed by atoms with Gasteiger partial charge in [0.15, 0.2) is 0 Å². The molecular formula is C15H22N4S. The molecule has 0 saturated carbocycles. The van der Waals surface area contributed by atoms with E-state index in [1.165, 1.54) is 36.3 Å². The van der Waals surface area contributed by atoms with Crippen molar-refractivity contribution in [3.8, 4) is 10.7 Å². The van der Waals surface area contributed by atoms with Crippen LogP contribution in [0.2, 0.25) is 0 Å². The van der Waals surface area contributed by atoms with E-state index in [1.54, 1.807) is 0 Å². The minimum Gasteiger partial charge on any atom is -0.332 e. The summed E-state index contributed by atoms with van der Waals surface area (Å²) in [5, 5.41) is 4.67. The van der Waals surface area contributed by atoms with Crippen LogP contribution >= 0.6 is 11.3 Å².